The third-order valence-corrected chi connectivity index (χ3v) is 2.89. The molecule has 0 radical (unpaired) electrons. The molecule has 3 nitrogen and oxygen atoms in total. The van der Waals surface area contributed by atoms with E-state index in [2.05, 4.69) is 11.8 Å². The van der Waals surface area contributed by atoms with Crippen LogP contribution in [-0.4, -0.2) is 27.5 Å². The van der Waals surface area contributed by atoms with Crippen LogP contribution in [0.3, 0.4) is 0 Å². The molecule has 2 atom stereocenters. The highest BCUT2D eigenvalue weighted by molar-refractivity contribution is 14.1. The zero-order chi connectivity index (χ0) is 11.3. The topological polar surface area (TPSA) is 46.5 Å². The van der Waals surface area contributed by atoms with Crippen molar-refractivity contribution in [1.29, 1.82) is 0 Å². The predicted molar refractivity (Wildman–Crippen MR) is 61.5 cm³/mol. The zero-order valence-electron chi connectivity index (χ0n) is 8.13. The molecular weight excluding hydrogens is 314 g/mol. The van der Waals surface area contributed by atoms with Crippen LogP contribution in [0.4, 0.5) is 4.39 Å². The second-order valence-electron chi connectivity index (χ2n) is 3.41. The first kappa shape index (κ1) is 12.7. The summed E-state index contributed by atoms with van der Waals surface area (Å²) in [5, 5.41) is 8.44. The van der Waals surface area contributed by atoms with Crippen LogP contribution < -0.4 is 0 Å². The van der Waals surface area contributed by atoms with Crippen molar-refractivity contribution in [3.8, 4) is 11.8 Å². The molecule has 0 heterocycles. The Balaban J connectivity index is 2.44. The maximum absolute atomic E-state index is 13.5. The Morgan fingerprint density at radius 1 is 1.67 bits per heavy atom. The van der Waals surface area contributed by atoms with Crippen LogP contribution >= 0.6 is 22.6 Å². The summed E-state index contributed by atoms with van der Waals surface area (Å²) in [4.78, 5) is 10.3. The van der Waals surface area contributed by atoms with Gasteiger partial charge in [0.25, 0.3) is 0 Å². The van der Waals surface area contributed by atoms with Crippen LogP contribution in [0.2, 0.25) is 0 Å². The van der Waals surface area contributed by atoms with Crippen molar-refractivity contribution in [3.05, 3.63) is 0 Å². The Bertz CT molecular complexity index is 293. The predicted octanol–water partition coefficient (Wildman–Crippen LogP) is 2.13. The van der Waals surface area contributed by atoms with Crippen molar-refractivity contribution >= 4 is 28.6 Å². The summed E-state index contributed by atoms with van der Waals surface area (Å²) >= 11 is 1.67. The van der Waals surface area contributed by atoms with Gasteiger partial charge in [0, 0.05) is 12.8 Å². The number of rotatable bonds is 3. The highest BCUT2D eigenvalue weighted by Gasteiger charge is 2.25. The normalized spacial score (nSPS) is 30.9. The number of carboxylic acid groups (broad SMARTS) is 1. The maximum Gasteiger partial charge on any atom is 0.329 e. The number of aliphatic carboxylic acids is 1. The van der Waals surface area contributed by atoms with Gasteiger partial charge in [0.1, 0.15) is 6.61 Å². The van der Waals surface area contributed by atoms with Gasteiger partial charge in [-0.2, -0.15) is 0 Å². The van der Waals surface area contributed by atoms with Crippen LogP contribution in [0.5, 0.6) is 0 Å². The molecule has 15 heavy (non-hydrogen) atoms. The molecule has 0 aromatic heterocycles. The average Bonchev–Trinajstić information content (AvgIpc) is 2.12. The van der Waals surface area contributed by atoms with Gasteiger partial charge in [-0.05, 0) is 35.4 Å². The number of alkyl halides is 2. The molecule has 0 bridgehead atoms. The minimum atomic E-state index is -1.50. The fourth-order valence-electron chi connectivity index (χ4n) is 1.33. The van der Waals surface area contributed by atoms with E-state index in [0.29, 0.717) is 19.3 Å². The maximum atomic E-state index is 13.5. The molecule has 1 rings (SSSR count). The SMILES string of the molecule is O=C(O)COC1CCC#CC(F)(I)CC1. The molecule has 0 fully saturated rings. The molecule has 1 aliphatic carbocycles. The fraction of sp³-hybridized carbons (Fsp3) is 0.700. The fourth-order valence-corrected chi connectivity index (χ4v) is 1.83. The summed E-state index contributed by atoms with van der Waals surface area (Å²) in [5.74, 6) is 4.28. The molecule has 0 aliphatic heterocycles. The molecular formula is C10H12FIO3. The molecule has 84 valence electrons. The van der Waals surface area contributed by atoms with Gasteiger partial charge in [-0.3, -0.25) is 0 Å². The van der Waals surface area contributed by atoms with Crippen molar-refractivity contribution in [2.24, 2.45) is 0 Å². The smallest absolute Gasteiger partial charge is 0.329 e. The lowest BCUT2D eigenvalue weighted by Crippen LogP contribution is -2.22. The van der Waals surface area contributed by atoms with Gasteiger partial charge in [0.05, 0.1) is 6.10 Å². The Morgan fingerprint density at radius 2 is 2.40 bits per heavy atom. The van der Waals surface area contributed by atoms with Crippen LogP contribution in [-0.2, 0) is 9.53 Å². The minimum Gasteiger partial charge on any atom is -0.480 e. The Hall–Kier alpha value is -0.350. The van der Waals surface area contributed by atoms with E-state index in [0.717, 1.165) is 0 Å². The lowest BCUT2D eigenvalue weighted by molar-refractivity contribution is -0.144. The molecule has 0 aromatic rings. The van der Waals surface area contributed by atoms with Gasteiger partial charge in [0.15, 0.2) is 0 Å². The molecule has 0 spiro atoms. The van der Waals surface area contributed by atoms with Crippen molar-refractivity contribution in [2.45, 2.75) is 35.5 Å². The summed E-state index contributed by atoms with van der Waals surface area (Å²) in [5.41, 5.74) is 0. The molecule has 1 aliphatic rings. The summed E-state index contributed by atoms with van der Waals surface area (Å²) in [6.45, 7) is -0.321. The van der Waals surface area contributed by atoms with E-state index in [1.807, 2.05) is 0 Å². The van der Waals surface area contributed by atoms with E-state index in [1.54, 1.807) is 22.6 Å². The lowest BCUT2D eigenvalue weighted by atomic mass is 10.0. The third kappa shape index (κ3) is 5.33. The van der Waals surface area contributed by atoms with Gasteiger partial charge in [-0.25, -0.2) is 9.18 Å². The second kappa shape index (κ2) is 5.66. The molecule has 0 saturated carbocycles. The van der Waals surface area contributed by atoms with Crippen molar-refractivity contribution < 1.29 is 19.0 Å². The van der Waals surface area contributed by atoms with Gasteiger partial charge in [0.2, 0.25) is 3.68 Å². The molecule has 5 heteroatoms. The first-order valence-electron chi connectivity index (χ1n) is 4.71. The van der Waals surface area contributed by atoms with Crippen LogP contribution in [0, 0.1) is 11.8 Å². The largest absolute Gasteiger partial charge is 0.480 e. The Morgan fingerprint density at radius 3 is 3.07 bits per heavy atom. The summed E-state index contributed by atoms with van der Waals surface area (Å²) in [7, 11) is 0. The van der Waals surface area contributed by atoms with Crippen LogP contribution in [0.1, 0.15) is 25.7 Å². The van der Waals surface area contributed by atoms with E-state index in [1.165, 1.54) is 0 Å². The third-order valence-electron chi connectivity index (χ3n) is 2.09. The van der Waals surface area contributed by atoms with E-state index in [4.69, 9.17) is 9.84 Å². The number of carboxylic acids is 1. The van der Waals surface area contributed by atoms with Gasteiger partial charge in [-0.1, -0.05) is 11.8 Å². The Kier molecular flexibility index (Phi) is 4.80. The average molecular weight is 326 g/mol. The number of hydrogen-bond acceptors (Lipinski definition) is 2. The number of hydrogen-bond donors (Lipinski definition) is 1. The quantitative estimate of drug-likeness (QED) is 0.491. The second-order valence-corrected chi connectivity index (χ2v) is 5.12. The first-order chi connectivity index (χ1) is 6.99. The monoisotopic (exact) mass is 326 g/mol. The summed E-state index contributed by atoms with van der Waals surface area (Å²) < 4.78 is 17.2. The minimum absolute atomic E-state index is 0.194. The van der Waals surface area contributed by atoms with Crippen molar-refractivity contribution in [3.63, 3.8) is 0 Å². The van der Waals surface area contributed by atoms with Gasteiger partial charge >= 0.3 is 5.97 Å². The summed E-state index contributed by atoms with van der Waals surface area (Å²) in [6.07, 6.45) is 1.83. The highest BCUT2D eigenvalue weighted by Crippen LogP contribution is 2.29. The molecule has 0 saturated heterocycles. The molecule has 0 amide bonds. The lowest BCUT2D eigenvalue weighted by Gasteiger charge is -2.20. The zero-order valence-corrected chi connectivity index (χ0v) is 10.3. The Labute approximate surface area is 102 Å². The number of halogens is 2. The molecule has 2 unspecified atom stereocenters. The van der Waals surface area contributed by atoms with E-state index in [9.17, 15) is 9.18 Å². The summed E-state index contributed by atoms with van der Waals surface area (Å²) in [6, 6.07) is 0. The van der Waals surface area contributed by atoms with Crippen LogP contribution in [0.15, 0.2) is 0 Å². The highest BCUT2D eigenvalue weighted by atomic mass is 127. The van der Waals surface area contributed by atoms with E-state index in [-0.39, 0.29) is 19.1 Å². The molecule has 0 aromatic carbocycles. The van der Waals surface area contributed by atoms with Gasteiger partial charge in [-0.15, -0.1) is 0 Å². The number of carbonyl (C=O) groups is 1. The standard InChI is InChI=1S/C10H12FIO3/c11-10(12)5-2-1-3-8(4-6-10)15-7-9(13)14/h8H,1,3-4,6-7H2,(H,13,14). The first-order valence-corrected chi connectivity index (χ1v) is 5.79. The van der Waals surface area contributed by atoms with Crippen molar-refractivity contribution in [2.75, 3.05) is 6.61 Å². The molecule has 1 N–H and O–H groups in total. The van der Waals surface area contributed by atoms with Crippen molar-refractivity contribution in [1.82, 2.24) is 0 Å². The number of ether oxygens (including phenoxy) is 1. The van der Waals surface area contributed by atoms with E-state index < -0.39 is 9.64 Å². The van der Waals surface area contributed by atoms with Crippen LogP contribution in [0.25, 0.3) is 0 Å². The van der Waals surface area contributed by atoms with Gasteiger partial charge < -0.3 is 9.84 Å². The van der Waals surface area contributed by atoms with E-state index >= 15 is 0 Å².